The van der Waals surface area contributed by atoms with Crippen molar-refractivity contribution in [3.63, 3.8) is 0 Å². The molecule has 1 aliphatic carbocycles. The van der Waals surface area contributed by atoms with Crippen LogP contribution < -0.4 is 5.32 Å². The molecule has 0 spiro atoms. The van der Waals surface area contributed by atoms with Crippen molar-refractivity contribution in [2.45, 2.75) is 82.8 Å². The zero-order valence-electron chi connectivity index (χ0n) is 18.2. The maximum atomic E-state index is 13.4. The maximum Gasteiger partial charge on any atom is 0.126 e. The summed E-state index contributed by atoms with van der Waals surface area (Å²) in [6, 6.07) is 5.60. The normalized spacial score (nSPS) is 17.7. The molecule has 1 aliphatic rings. The Morgan fingerprint density at radius 1 is 1.03 bits per heavy atom. The van der Waals surface area contributed by atoms with Crippen LogP contribution in [0.5, 0.6) is 0 Å². The number of nitrogens with zero attached hydrogens (tertiary/aromatic N) is 2. The topological polar surface area (TPSA) is 58.0 Å². The summed E-state index contributed by atoms with van der Waals surface area (Å²) in [6.07, 6.45) is 7.25. The van der Waals surface area contributed by atoms with Crippen molar-refractivity contribution < 1.29 is 13.9 Å². The minimum Gasteiger partial charge on any atom is -0.392 e. The van der Waals surface area contributed by atoms with Crippen LogP contribution in [-0.4, -0.2) is 27.7 Å². The molecule has 0 aliphatic heterocycles. The third kappa shape index (κ3) is 5.82. The summed E-state index contributed by atoms with van der Waals surface area (Å²) in [7, 11) is 0. The lowest BCUT2D eigenvalue weighted by Crippen LogP contribution is -2.48. The van der Waals surface area contributed by atoms with E-state index in [-0.39, 0.29) is 11.0 Å². The van der Waals surface area contributed by atoms with Gasteiger partial charge >= 0.3 is 0 Å². The summed E-state index contributed by atoms with van der Waals surface area (Å²) in [6.45, 7) is 6.82. The molecule has 164 valence electrons. The fourth-order valence-electron chi connectivity index (χ4n) is 4.21. The molecule has 0 saturated heterocycles. The van der Waals surface area contributed by atoms with E-state index in [0.29, 0.717) is 24.9 Å². The summed E-state index contributed by atoms with van der Waals surface area (Å²) in [5.74, 6) is -1.17. The number of hydrogen-bond donors (Lipinski definition) is 2. The second-order valence-corrected chi connectivity index (χ2v) is 9.53. The van der Waals surface area contributed by atoms with Gasteiger partial charge in [0.05, 0.1) is 17.3 Å². The quantitative estimate of drug-likeness (QED) is 0.680. The van der Waals surface area contributed by atoms with Gasteiger partial charge in [0, 0.05) is 23.7 Å². The molecule has 30 heavy (non-hydrogen) atoms. The Balaban J connectivity index is 1.68. The Morgan fingerprint density at radius 3 is 2.33 bits per heavy atom. The average molecular weight is 418 g/mol. The van der Waals surface area contributed by atoms with Crippen LogP contribution in [0.2, 0.25) is 0 Å². The van der Waals surface area contributed by atoms with E-state index >= 15 is 0 Å². The van der Waals surface area contributed by atoms with Crippen molar-refractivity contribution in [3.8, 4) is 0 Å². The monoisotopic (exact) mass is 417 g/mol. The lowest BCUT2D eigenvalue weighted by Gasteiger charge is -2.39. The number of aliphatic hydroxyl groups excluding tert-OH is 1. The summed E-state index contributed by atoms with van der Waals surface area (Å²) >= 11 is 0. The van der Waals surface area contributed by atoms with Crippen molar-refractivity contribution in [3.05, 3.63) is 59.2 Å². The number of rotatable bonds is 7. The van der Waals surface area contributed by atoms with E-state index in [1.165, 1.54) is 18.6 Å². The Morgan fingerprint density at radius 2 is 1.70 bits per heavy atom. The molecular weight excluding hydrogens is 384 g/mol. The second-order valence-electron chi connectivity index (χ2n) is 9.53. The molecule has 1 atom stereocenters. The number of aryl methyl sites for hydroxylation is 1. The van der Waals surface area contributed by atoms with Crippen molar-refractivity contribution in [1.29, 1.82) is 0 Å². The first kappa shape index (κ1) is 22.8. The van der Waals surface area contributed by atoms with Gasteiger partial charge in [0.15, 0.2) is 0 Å². The van der Waals surface area contributed by atoms with Gasteiger partial charge in [-0.05, 0) is 49.4 Å². The minimum absolute atomic E-state index is 0.0622. The molecule has 6 heteroatoms. The van der Waals surface area contributed by atoms with Gasteiger partial charge in [-0.15, -0.1) is 0 Å². The zero-order valence-corrected chi connectivity index (χ0v) is 18.2. The van der Waals surface area contributed by atoms with Gasteiger partial charge in [-0.2, -0.15) is 0 Å². The van der Waals surface area contributed by atoms with Gasteiger partial charge < -0.3 is 10.4 Å². The molecule has 2 N–H and O–H groups in total. The van der Waals surface area contributed by atoms with Crippen LogP contribution in [0.3, 0.4) is 0 Å². The van der Waals surface area contributed by atoms with E-state index in [0.717, 1.165) is 43.1 Å². The predicted octanol–water partition coefficient (Wildman–Crippen LogP) is 4.80. The van der Waals surface area contributed by atoms with E-state index < -0.39 is 17.7 Å². The molecule has 0 radical (unpaired) electrons. The average Bonchev–Trinajstić information content (AvgIpc) is 2.70. The minimum atomic E-state index is -0.612. The Kier molecular flexibility index (Phi) is 7.19. The summed E-state index contributed by atoms with van der Waals surface area (Å²) in [5, 5.41) is 14.1. The van der Waals surface area contributed by atoms with E-state index in [1.54, 1.807) is 6.33 Å². The molecule has 1 unspecified atom stereocenters. The van der Waals surface area contributed by atoms with Crippen molar-refractivity contribution in [2.24, 2.45) is 0 Å². The lowest BCUT2D eigenvalue weighted by atomic mass is 9.78. The van der Waals surface area contributed by atoms with Crippen molar-refractivity contribution in [2.75, 3.05) is 6.54 Å². The summed E-state index contributed by atoms with van der Waals surface area (Å²) < 4.78 is 26.7. The highest BCUT2D eigenvalue weighted by molar-refractivity contribution is 5.23. The maximum absolute atomic E-state index is 13.4. The molecule has 0 bridgehead atoms. The van der Waals surface area contributed by atoms with E-state index in [2.05, 4.69) is 42.1 Å². The highest BCUT2D eigenvalue weighted by Crippen LogP contribution is 2.37. The van der Waals surface area contributed by atoms with Crippen LogP contribution in [-0.2, 0) is 17.4 Å². The van der Waals surface area contributed by atoms with E-state index in [9.17, 15) is 13.9 Å². The van der Waals surface area contributed by atoms with Crippen LogP contribution in [0.15, 0.2) is 30.6 Å². The first-order valence-corrected chi connectivity index (χ1v) is 10.9. The molecule has 1 aromatic heterocycles. The fraction of sp³-hybridized carbons (Fsp3) is 0.583. The van der Waals surface area contributed by atoms with Crippen molar-refractivity contribution >= 4 is 0 Å². The molecular formula is C24H33F2N3O. The summed E-state index contributed by atoms with van der Waals surface area (Å²) in [5.41, 5.74) is 2.22. The van der Waals surface area contributed by atoms with Crippen LogP contribution in [0.25, 0.3) is 0 Å². The highest BCUT2D eigenvalue weighted by Gasteiger charge is 2.36. The van der Waals surface area contributed by atoms with Gasteiger partial charge in [0.25, 0.3) is 0 Å². The molecule has 1 saturated carbocycles. The molecule has 1 heterocycles. The summed E-state index contributed by atoms with van der Waals surface area (Å²) in [4.78, 5) is 9.06. The van der Waals surface area contributed by atoms with Crippen LogP contribution in [0, 0.1) is 11.6 Å². The number of aliphatic hydroxyl groups is 1. The first-order valence-electron chi connectivity index (χ1n) is 10.9. The predicted molar refractivity (Wildman–Crippen MR) is 114 cm³/mol. The van der Waals surface area contributed by atoms with Crippen LogP contribution in [0.4, 0.5) is 8.78 Å². The molecule has 4 nitrogen and oxygen atoms in total. The number of aromatic nitrogens is 2. The third-order valence-electron chi connectivity index (χ3n) is 6.00. The molecule has 0 amide bonds. The number of halogens is 2. The van der Waals surface area contributed by atoms with E-state index in [4.69, 9.17) is 0 Å². The third-order valence-corrected chi connectivity index (χ3v) is 6.00. The fourth-order valence-corrected chi connectivity index (χ4v) is 4.21. The SMILES string of the molecule is CC(C)(C)c1cc(C2(NCC(O)CCc3cc(F)cc(F)c3)CCCCC2)ncn1. The zero-order chi connectivity index (χ0) is 21.8. The van der Waals surface area contributed by atoms with Crippen LogP contribution in [0.1, 0.15) is 76.2 Å². The van der Waals surface area contributed by atoms with E-state index in [1.807, 2.05) is 0 Å². The Labute approximate surface area is 178 Å². The molecule has 1 fully saturated rings. The Bertz CT molecular complexity index is 824. The van der Waals surface area contributed by atoms with Gasteiger partial charge in [-0.25, -0.2) is 18.7 Å². The van der Waals surface area contributed by atoms with Crippen LogP contribution >= 0.6 is 0 Å². The van der Waals surface area contributed by atoms with Crippen molar-refractivity contribution in [1.82, 2.24) is 15.3 Å². The lowest BCUT2D eigenvalue weighted by molar-refractivity contribution is 0.130. The number of nitrogens with one attached hydrogen (secondary N) is 1. The van der Waals surface area contributed by atoms with Gasteiger partial charge in [-0.3, -0.25) is 0 Å². The highest BCUT2D eigenvalue weighted by atomic mass is 19.1. The molecule has 3 rings (SSSR count). The largest absolute Gasteiger partial charge is 0.392 e. The second kappa shape index (κ2) is 9.48. The number of benzene rings is 1. The molecule has 1 aromatic carbocycles. The first-order chi connectivity index (χ1) is 14.2. The molecule has 2 aromatic rings. The van der Waals surface area contributed by atoms with Gasteiger partial charge in [0.1, 0.15) is 18.0 Å². The van der Waals surface area contributed by atoms with Gasteiger partial charge in [-0.1, -0.05) is 40.0 Å². The number of hydrogen-bond acceptors (Lipinski definition) is 4. The Hall–Kier alpha value is -1.92. The standard InChI is InChI=1S/C24H33F2N3O/c1-23(2,3)21-14-22(28-16-27-21)24(9-5-4-6-10-24)29-15-20(30)8-7-17-11-18(25)13-19(26)12-17/h11-14,16,20,29-30H,4-10,15H2,1-3H3. The smallest absolute Gasteiger partial charge is 0.126 e. The van der Waals surface area contributed by atoms with Gasteiger partial charge in [0.2, 0.25) is 0 Å².